The highest BCUT2D eigenvalue weighted by atomic mass is 32.1. The van der Waals surface area contributed by atoms with Gasteiger partial charge in [-0.1, -0.05) is 6.07 Å². The van der Waals surface area contributed by atoms with Crippen LogP contribution < -0.4 is 5.32 Å². The van der Waals surface area contributed by atoms with E-state index in [0.29, 0.717) is 0 Å². The van der Waals surface area contributed by atoms with Crippen molar-refractivity contribution in [2.75, 3.05) is 6.54 Å². The molecule has 0 bridgehead atoms. The molecule has 1 fully saturated rings. The summed E-state index contributed by atoms with van der Waals surface area (Å²) in [6.07, 6.45) is 3.90. The molecule has 104 valence electrons. The molecule has 0 radical (unpaired) electrons. The van der Waals surface area contributed by atoms with Crippen LogP contribution in [0.25, 0.3) is 0 Å². The Morgan fingerprint density at radius 1 is 1.30 bits per heavy atom. The Labute approximate surface area is 124 Å². The number of hydrogen-bond acceptors (Lipinski definition) is 2. The Morgan fingerprint density at radius 3 is 2.75 bits per heavy atom. The lowest BCUT2D eigenvalue weighted by Gasteiger charge is -2.27. The zero-order valence-electron chi connectivity index (χ0n) is 11.7. The minimum atomic E-state index is 0.0947. The summed E-state index contributed by atoms with van der Waals surface area (Å²) in [6.45, 7) is 3.01. The fourth-order valence-corrected chi connectivity index (χ4v) is 3.22. The predicted octanol–water partition coefficient (Wildman–Crippen LogP) is 2.41. The van der Waals surface area contributed by atoms with E-state index in [1.165, 1.54) is 5.69 Å². The van der Waals surface area contributed by atoms with Crippen molar-refractivity contribution in [2.45, 2.75) is 19.0 Å². The number of aryl methyl sites for hydroxylation is 1. The summed E-state index contributed by atoms with van der Waals surface area (Å²) in [7, 11) is 2.07. The van der Waals surface area contributed by atoms with Crippen LogP contribution in [0, 0.1) is 0 Å². The summed E-state index contributed by atoms with van der Waals surface area (Å²) in [5.74, 6) is 0. The van der Waals surface area contributed by atoms with Gasteiger partial charge in [0.15, 0.2) is 5.11 Å². The van der Waals surface area contributed by atoms with Gasteiger partial charge in [-0.25, -0.2) is 0 Å². The summed E-state index contributed by atoms with van der Waals surface area (Å²) in [5.41, 5.74) is 2.27. The molecule has 4 nitrogen and oxygen atoms in total. The highest BCUT2D eigenvalue weighted by Crippen LogP contribution is 2.37. The second-order valence-electron chi connectivity index (χ2n) is 4.96. The maximum atomic E-state index is 5.49. The van der Waals surface area contributed by atoms with Gasteiger partial charge in [-0.3, -0.25) is 4.98 Å². The van der Waals surface area contributed by atoms with E-state index in [2.05, 4.69) is 58.1 Å². The number of pyridine rings is 1. The Kier molecular flexibility index (Phi) is 3.44. The summed E-state index contributed by atoms with van der Waals surface area (Å²) >= 11 is 5.49. The fourth-order valence-electron chi connectivity index (χ4n) is 2.85. The monoisotopic (exact) mass is 286 g/mol. The van der Waals surface area contributed by atoms with E-state index < -0.39 is 0 Å². The molecule has 0 spiro atoms. The number of thiocarbonyl (C=S) groups is 1. The Morgan fingerprint density at radius 2 is 2.15 bits per heavy atom. The normalized spacial score (nSPS) is 22.1. The first-order valence-electron chi connectivity index (χ1n) is 6.81. The van der Waals surface area contributed by atoms with Crippen LogP contribution in [0.1, 0.15) is 30.4 Å². The molecule has 0 aromatic carbocycles. The predicted molar refractivity (Wildman–Crippen MR) is 83.2 cm³/mol. The Balaban J connectivity index is 2.05. The number of hydrogen-bond donors (Lipinski definition) is 1. The highest BCUT2D eigenvalue weighted by Gasteiger charge is 2.39. The van der Waals surface area contributed by atoms with Crippen LogP contribution in [-0.4, -0.2) is 26.1 Å². The summed E-state index contributed by atoms with van der Waals surface area (Å²) in [5, 5.41) is 4.22. The van der Waals surface area contributed by atoms with Crippen LogP contribution in [0.5, 0.6) is 0 Å². The largest absolute Gasteiger partial charge is 0.353 e. The summed E-state index contributed by atoms with van der Waals surface area (Å²) in [4.78, 5) is 6.72. The minimum Gasteiger partial charge on any atom is -0.353 e. The maximum absolute atomic E-state index is 5.49. The molecule has 1 N–H and O–H groups in total. The van der Waals surface area contributed by atoms with Gasteiger partial charge in [-0.2, -0.15) is 0 Å². The van der Waals surface area contributed by atoms with Gasteiger partial charge in [-0.15, -0.1) is 0 Å². The molecule has 2 atom stereocenters. The van der Waals surface area contributed by atoms with Gasteiger partial charge in [0.25, 0.3) is 0 Å². The third-order valence-corrected chi connectivity index (χ3v) is 4.18. The van der Waals surface area contributed by atoms with E-state index in [4.69, 9.17) is 12.2 Å². The average Bonchev–Trinajstić information content (AvgIpc) is 3.02. The number of aromatic nitrogens is 2. The molecule has 3 heterocycles. The molecule has 5 heteroatoms. The zero-order valence-corrected chi connectivity index (χ0v) is 12.5. The van der Waals surface area contributed by atoms with Crippen LogP contribution in [0.3, 0.4) is 0 Å². The summed E-state index contributed by atoms with van der Waals surface area (Å²) < 4.78 is 2.15. The van der Waals surface area contributed by atoms with Gasteiger partial charge in [0, 0.05) is 31.7 Å². The lowest BCUT2D eigenvalue weighted by molar-refractivity contribution is 0.318. The van der Waals surface area contributed by atoms with E-state index in [1.54, 1.807) is 0 Å². The van der Waals surface area contributed by atoms with Crippen molar-refractivity contribution in [1.29, 1.82) is 0 Å². The smallest absolute Gasteiger partial charge is 0.170 e. The molecule has 0 aliphatic carbocycles. The molecule has 0 amide bonds. The quantitative estimate of drug-likeness (QED) is 0.879. The van der Waals surface area contributed by atoms with Crippen molar-refractivity contribution in [1.82, 2.24) is 19.8 Å². The number of nitrogens with zero attached hydrogens (tertiary/aromatic N) is 3. The third kappa shape index (κ3) is 2.08. The second kappa shape index (κ2) is 5.25. The van der Waals surface area contributed by atoms with Gasteiger partial charge in [0.05, 0.1) is 17.8 Å². The molecule has 20 heavy (non-hydrogen) atoms. The van der Waals surface area contributed by atoms with E-state index in [9.17, 15) is 0 Å². The molecule has 2 aromatic heterocycles. The molecule has 0 unspecified atom stereocenters. The Hall–Kier alpha value is -1.88. The van der Waals surface area contributed by atoms with Crippen LogP contribution in [0.4, 0.5) is 0 Å². The van der Waals surface area contributed by atoms with E-state index in [-0.39, 0.29) is 12.1 Å². The number of nitrogens with one attached hydrogen (secondary N) is 1. The molecule has 0 saturated carbocycles. The van der Waals surface area contributed by atoms with Crippen LogP contribution in [-0.2, 0) is 7.05 Å². The highest BCUT2D eigenvalue weighted by molar-refractivity contribution is 7.80. The third-order valence-electron chi connectivity index (χ3n) is 3.83. The van der Waals surface area contributed by atoms with E-state index >= 15 is 0 Å². The Bertz CT molecular complexity index is 607. The lowest BCUT2D eigenvalue weighted by atomic mass is 10.0. The zero-order chi connectivity index (χ0) is 14.1. The summed E-state index contributed by atoms with van der Waals surface area (Å²) in [6, 6.07) is 10.5. The standard InChI is InChI=1S/C15H18N4S/c1-3-19-14(12-8-6-10-18(12)2)13(17-15(19)20)11-7-4-5-9-16-11/h4-10,13-14H,3H2,1-2H3,(H,17,20)/t13-,14-/m0/s1. The van der Waals surface area contributed by atoms with Gasteiger partial charge in [0.1, 0.15) is 0 Å². The minimum absolute atomic E-state index is 0.0947. The van der Waals surface area contributed by atoms with Crippen molar-refractivity contribution < 1.29 is 0 Å². The average molecular weight is 286 g/mol. The van der Waals surface area contributed by atoms with Crippen molar-refractivity contribution >= 4 is 17.3 Å². The molecule has 2 aromatic rings. The second-order valence-corrected chi connectivity index (χ2v) is 5.34. The topological polar surface area (TPSA) is 33.1 Å². The maximum Gasteiger partial charge on any atom is 0.170 e. The van der Waals surface area contributed by atoms with Crippen LogP contribution >= 0.6 is 12.2 Å². The van der Waals surface area contributed by atoms with Crippen LogP contribution in [0.2, 0.25) is 0 Å². The van der Waals surface area contributed by atoms with Crippen LogP contribution in [0.15, 0.2) is 42.7 Å². The van der Waals surface area contributed by atoms with Gasteiger partial charge in [0.2, 0.25) is 0 Å². The number of rotatable bonds is 3. The molecule has 3 rings (SSSR count). The first kappa shape index (κ1) is 13.1. The van der Waals surface area contributed by atoms with E-state index in [0.717, 1.165) is 17.4 Å². The van der Waals surface area contributed by atoms with Gasteiger partial charge < -0.3 is 14.8 Å². The number of likely N-dealkylation sites (N-methyl/N-ethyl adjacent to an activating group) is 1. The lowest BCUT2D eigenvalue weighted by Crippen LogP contribution is -2.29. The SMILES string of the molecule is CCN1C(=S)N[C@@H](c2ccccn2)[C@@H]1c1cccn1C. The fraction of sp³-hybridized carbons (Fsp3) is 0.333. The van der Waals surface area contributed by atoms with Crippen molar-refractivity contribution in [2.24, 2.45) is 7.05 Å². The molecular weight excluding hydrogens is 268 g/mol. The van der Waals surface area contributed by atoms with Crippen molar-refractivity contribution in [3.63, 3.8) is 0 Å². The van der Waals surface area contributed by atoms with Crippen molar-refractivity contribution in [3.8, 4) is 0 Å². The van der Waals surface area contributed by atoms with Gasteiger partial charge in [-0.05, 0) is 43.4 Å². The first-order valence-corrected chi connectivity index (χ1v) is 7.22. The molecule has 1 aliphatic rings. The molecule has 1 aliphatic heterocycles. The first-order chi connectivity index (χ1) is 9.72. The van der Waals surface area contributed by atoms with E-state index in [1.807, 2.05) is 18.3 Å². The molecular formula is C15H18N4S. The van der Waals surface area contributed by atoms with Crippen molar-refractivity contribution in [3.05, 3.63) is 54.1 Å². The molecule has 1 saturated heterocycles. The van der Waals surface area contributed by atoms with Gasteiger partial charge >= 0.3 is 0 Å².